The van der Waals surface area contributed by atoms with Crippen molar-refractivity contribution in [1.29, 1.82) is 0 Å². The summed E-state index contributed by atoms with van der Waals surface area (Å²) in [5.41, 5.74) is 0.379. The molecule has 0 aliphatic rings. The maximum Gasteiger partial charge on any atom is 0.339 e. The Morgan fingerprint density at radius 2 is 2.08 bits per heavy atom. The van der Waals surface area contributed by atoms with E-state index in [0.717, 1.165) is 6.20 Å². The molecular weight excluding hydrogens is 353 g/mol. The van der Waals surface area contributed by atoms with Crippen molar-refractivity contribution in [3.05, 3.63) is 53.3 Å². The minimum Gasteiger partial charge on any atom is -0.298 e. The highest BCUT2D eigenvalue weighted by molar-refractivity contribution is 6.30. The number of hydrogen-bond donors (Lipinski definition) is 0. The lowest BCUT2D eigenvalue weighted by molar-refractivity contribution is -0.278. The maximum atomic E-state index is 13.1. The molecule has 25 heavy (non-hydrogen) atoms. The van der Waals surface area contributed by atoms with E-state index in [1.165, 1.54) is 29.9 Å². The summed E-state index contributed by atoms with van der Waals surface area (Å²) in [5.74, 6) is -0.107. The lowest BCUT2D eigenvalue weighted by atomic mass is 10.3. The molecule has 10 heteroatoms. The largest absolute Gasteiger partial charge is 0.339 e. The third-order valence-corrected chi connectivity index (χ3v) is 3.12. The molecule has 0 saturated carbocycles. The van der Waals surface area contributed by atoms with Crippen LogP contribution in [-0.2, 0) is 21.2 Å². The zero-order valence-corrected chi connectivity index (χ0v) is 13.6. The Bertz CT molecular complexity index is 820. The highest BCUT2D eigenvalue weighted by atomic mass is 35.5. The number of halogens is 2. The van der Waals surface area contributed by atoms with Crippen molar-refractivity contribution >= 4 is 17.6 Å². The standard InChI is InChI=1S/C15H11ClFN5O3/c1-9(23)25-24-8-13-20-15(12-4-3-11(17)7-18-12)22(21-13)14-5-2-10(16)6-19-14/h2-7H,8H2,1H3. The first-order valence-corrected chi connectivity index (χ1v) is 7.40. The van der Waals surface area contributed by atoms with Gasteiger partial charge < -0.3 is 0 Å². The van der Waals surface area contributed by atoms with E-state index in [4.69, 9.17) is 16.5 Å². The van der Waals surface area contributed by atoms with Crippen molar-refractivity contribution in [2.24, 2.45) is 0 Å². The number of pyridine rings is 2. The van der Waals surface area contributed by atoms with E-state index in [2.05, 4.69) is 24.9 Å². The van der Waals surface area contributed by atoms with Gasteiger partial charge >= 0.3 is 5.97 Å². The van der Waals surface area contributed by atoms with E-state index in [1.54, 1.807) is 12.1 Å². The number of aromatic nitrogens is 5. The van der Waals surface area contributed by atoms with Gasteiger partial charge in [-0.05, 0) is 24.3 Å². The molecule has 0 atom stereocenters. The Hall–Kier alpha value is -2.91. The van der Waals surface area contributed by atoms with E-state index >= 15 is 0 Å². The molecule has 8 nitrogen and oxygen atoms in total. The van der Waals surface area contributed by atoms with Crippen molar-refractivity contribution in [3.8, 4) is 17.3 Å². The zero-order valence-electron chi connectivity index (χ0n) is 12.9. The summed E-state index contributed by atoms with van der Waals surface area (Å²) >= 11 is 5.85. The average Bonchev–Trinajstić information content (AvgIpc) is 3.00. The van der Waals surface area contributed by atoms with Crippen molar-refractivity contribution in [2.75, 3.05) is 0 Å². The molecule has 0 aliphatic heterocycles. The zero-order chi connectivity index (χ0) is 17.8. The van der Waals surface area contributed by atoms with E-state index < -0.39 is 11.8 Å². The van der Waals surface area contributed by atoms with Gasteiger partial charge in [-0.2, -0.15) is 9.57 Å². The normalized spacial score (nSPS) is 10.7. The van der Waals surface area contributed by atoms with Gasteiger partial charge in [-0.3, -0.25) is 4.89 Å². The monoisotopic (exact) mass is 363 g/mol. The van der Waals surface area contributed by atoms with Crippen LogP contribution in [0.15, 0.2) is 36.7 Å². The van der Waals surface area contributed by atoms with Crippen molar-refractivity contribution in [2.45, 2.75) is 13.5 Å². The first-order valence-electron chi connectivity index (χ1n) is 7.03. The van der Waals surface area contributed by atoms with Crippen LogP contribution in [0.5, 0.6) is 0 Å². The van der Waals surface area contributed by atoms with Gasteiger partial charge in [0.05, 0.1) is 11.2 Å². The van der Waals surface area contributed by atoms with Gasteiger partial charge in [-0.1, -0.05) is 11.6 Å². The molecule has 128 valence electrons. The van der Waals surface area contributed by atoms with Crippen molar-refractivity contribution < 1.29 is 19.0 Å². The fourth-order valence-electron chi connectivity index (χ4n) is 1.91. The highest BCUT2D eigenvalue weighted by Crippen LogP contribution is 2.20. The van der Waals surface area contributed by atoms with Crippen molar-refractivity contribution in [3.63, 3.8) is 0 Å². The lowest BCUT2D eigenvalue weighted by Crippen LogP contribution is -2.04. The highest BCUT2D eigenvalue weighted by Gasteiger charge is 2.16. The van der Waals surface area contributed by atoms with Gasteiger partial charge in [0.1, 0.15) is 11.5 Å². The van der Waals surface area contributed by atoms with Crippen LogP contribution < -0.4 is 0 Å². The van der Waals surface area contributed by atoms with Crippen LogP contribution in [0, 0.1) is 5.82 Å². The summed E-state index contributed by atoms with van der Waals surface area (Å²) in [5, 5.41) is 4.72. The number of carbonyl (C=O) groups excluding carboxylic acids is 1. The van der Waals surface area contributed by atoms with Gasteiger partial charge in [0.25, 0.3) is 0 Å². The Labute approximate surface area is 146 Å². The second-order valence-corrected chi connectivity index (χ2v) is 5.23. The summed E-state index contributed by atoms with van der Waals surface area (Å²) < 4.78 is 14.5. The van der Waals surface area contributed by atoms with Crippen LogP contribution in [0.1, 0.15) is 12.7 Å². The smallest absolute Gasteiger partial charge is 0.298 e. The predicted octanol–water partition coefficient (Wildman–Crippen LogP) is 2.51. The predicted molar refractivity (Wildman–Crippen MR) is 83.9 cm³/mol. The molecule has 3 aromatic heterocycles. The van der Waals surface area contributed by atoms with E-state index in [-0.39, 0.29) is 12.4 Å². The summed E-state index contributed by atoms with van der Waals surface area (Å²) in [4.78, 5) is 32.4. The van der Waals surface area contributed by atoms with E-state index in [9.17, 15) is 9.18 Å². The number of rotatable bonds is 5. The quantitative estimate of drug-likeness (QED) is 0.508. The number of hydrogen-bond acceptors (Lipinski definition) is 7. The Balaban J connectivity index is 1.98. The van der Waals surface area contributed by atoms with E-state index in [0.29, 0.717) is 22.4 Å². The second kappa shape index (κ2) is 7.32. The molecule has 0 bridgehead atoms. The third kappa shape index (κ3) is 4.14. The van der Waals surface area contributed by atoms with Crippen LogP contribution in [0.3, 0.4) is 0 Å². The molecule has 3 heterocycles. The Morgan fingerprint density at radius 3 is 2.72 bits per heavy atom. The molecule has 0 fully saturated rings. The van der Waals surface area contributed by atoms with Crippen LogP contribution in [0.25, 0.3) is 17.3 Å². The third-order valence-electron chi connectivity index (χ3n) is 2.90. The molecule has 3 aromatic rings. The first-order chi connectivity index (χ1) is 12.0. The van der Waals surface area contributed by atoms with Crippen molar-refractivity contribution in [1.82, 2.24) is 24.7 Å². The topological polar surface area (TPSA) is 92.0 Å². The molecule has 0 amide bonds. The fourth-order valence-corrected chi connectivity index (χ4v) is 2.02. The molecular formula is C15H11ClFN5O3. The second-order valence-electron chi connectivity index (χ2n) is 4.80. The Kier molecular flexibility index (Phi) is 4.96. The van der Waals surface area contributed by atoms with Gasteiger partial charge in [0, 0.05) is 13.1 Å². The lowest BCUT2D eigenvalue weighted by Gasteiger charge is -2.04. The molecule has 0 saturated heterocycles. The van der Waals surface area contributed by atoms with Crippen LogP contribution >= 0.6 is 11.6 Å². The molecule has 0 aromatic carbocycles. The number of nitrogens with zero attached hydrogens (tertiary/aromatic N) is 5. The molecule has 0 N–H and O–H groups in total. The molecule has 3 rings (SSSR count). The molecule has 0 aliphatic carbocycles. The minimum atomic E-state index is -0.598. The SMILES string of the molecule is CC(=O)OOCc1nc(-c2ccc(F)cn2)n(-c2ccc(Cl)cn2)n1. The average molecular weight is 364 g/mol. The fraction of sp³-hybridized carbons (Fsp3) is 0.133. The first kappa shape index (κ1) is 16.9. The summed E-state index contributed by atoms with van der Waals surface area (Å²) in [7, 11) is 0. The van der Waals surface area contributed by atoms with Gasteiger partial charge in [0.15, 0.2) is 24.1 Å². The van der Waals surface area contributed by atoms with Crippen LogP contribution in [0.2, 0.25) is 5.02 Å². The molecule has 0 unspecified atom stereocenters. The van der Waals surface area contributed by atoms with E-state index in [1.807, 2.05) is 0 Å². The molecule has 0 radical (unpaired) electrons. The van der Waals surface area contributed by atoms with Gasteiger partial charge in [-0.25, -0.2) is 24.1 Å². The Morgan fingerprint density at radius 1 is 1.24 bits per heavy atom. The summed E-state index contributed by atoms with van der Waals surface area (Å²) in [6.45, 7) is 1.03. The summed E-state index contributed by atoms with van der Waals surface area (Å²) in [6, 6.07) is 6.00. The maximum absolute atomic E-state index is 13.1. The van der Waals surface area contributed by atoms with Gasteiger partial charge in [0.2, 0.25) is 0 Å². The minimum absolute atomic E-state index is 0.172. The van der Waals surface area contributed by atoms with Gasteiger partial charge in [-0.15, -0.1) is 5.10 Å². The van der Waals surface area contributed by atoms with Crippen LogP contribution in [0.4, 0.5) is 4.39 Å². The molecule has 0 spiro atoms. The summed E-state index contributed by atoms with van der Waals surface area (Å²) in [6.07, 6.45) is 2.52. The number of carbonyl (C=O) groups is 1. The van der Waals surface area contributed by atoms with Crippen LogP contribution in [-0.4, -0.2) is 30.7 Å².